The second kappa shape index (κ2) is 9.08. The van der Waals surface area contributed by atoms with E-state index in [1.165, 1.54) is 5.56 Å². The standard InChI is InChI=1S/C16H26N2O2/c1-18-9-11-20-16(13-18)14-19-10-5-8-17-12-15-6-3-2-4-7-15/h2-4,6-7,16-17H,5,8-14H2,1H3. The zero-order chi connectivity index (χ0) is 14.0. The van der Waals surface area contributed by atoms with Crippen molar-refractivity contribution in [3.8, 4) is 0 Å². The molecule has 0 aliphatic carbocycles. The van der Waals surface area contributed by atoms with Crippen LogP contribution in [-0.2, 0) is 16.0 Å². The first kappa shape index (κ1) is 15.4. The molecule has 1 heterocycles. The van der Waals surface area contributed by atoms with Crippen molar-refractivity contribution >= 4 is 0 Å². The second-order valence-electron chi connectivity index (χ2n) is 5.35. The molecule has 1 aromatic rings. The summed E-state index contributed by atoms with van der Waals surface area (Å²) in [6.45, 7) is 6.25. The molecule has 4 heteroatoms. The van der Waals surface area contributed by atoms with Crippen molar-refractivity contribution < 1.29 is 9.47 Å². The van der Waals surface area contributed by atoms with Gasteiger partial charge >= 0.3 is 0 Å². The Morgan fingerprint density at radius 3 is 3.00 bits per heavy atom. The van der Waals surface area contributed by atoms with Crippen LogP contribution in [0.15, 0.2) is 30.3 Å². The fraction of sp³-hybridized carbons (Fsp3) is 0.625. The lowest BCUT2D eigenvalue weighted by Crippen LogP contribution is -2.42. The molecule has 1 aromatic carbocycles. The van der Waals surface area contributed by atoms with E-state index < -0.39 is 0 Å². The van der Waals surface area contributed by atoms with Gasteiger partial charge in [-0.1, -0.05) is 30.3 Å². The third-order valence-corrected chi connectivity index (χ3v) is 3.46. The number of benzene rings is 1. The number of likely N-dealkylation sites (N-methyl/N-ethyl adjacent to an activating group) is 1. The summed E-state index contributed by atoms with van der Waals surface area (Å²) < 4.78 is 11.3. The molecule has 1 atom stereocenters. The van der Waals surface area contributed by atoms with Crippen LogP contribution in [0.4, 0.5) is 0 Å². The van der Waals surface area contributed by atoms with Crippen molar-refractivity contribution in [1.29, 1.82) is 0 Å². The Balaban J connectivity index is 1.44. The van der Waals surface area contributed by atoms with Gasteiger partial charge in [0.2, 0.25) is 0 Å². The number of nitrogens with zero attached hydrogens (tertiary/aromatic N) is 1. The van der Waals surface area contributed by atoms with E-state index >= 15 is 0 Å². The predicted molar refractivity (Wildman–Crippen MR) is 80.8 cm³/mol. The number of nitrogens with one attached hydrogen (secondary N) is 1. The van der Waals surface area contributed by atoms with Crippen LogP contribution in [0.25, 0.3) is 0 Å². The molecule has 1 aliphatic heterocycles. The van der Waals surface area contributed by atoms with Crippen LogP contribution in [0.1, 0.15) is 12.0 Å². The maximum Gasteiger partial charge on any atom is 0.0935 e. The monoisotopic (exact) mass is 278 g/mol. The Hall–Kier alpha value is -0.940. The highest BCUT2D eigenvalue weighted by atomic mass is 16.5. The Morgan fingerprint density at radius 2 is 2.20 bits per heavy atom. The maximum atomic E-state index is 5.68. The second-order valence-corrected chi connectivity index (χ2v) is 5.35. The van der Waals surface area contributed by atoms with E-state index in [2.05, 4.69) is 41.5 Å². The summed E-state index contributed by atoms with van der Waals surface area (Å²) in [7, 11) is 2.13. The minimum Gasteiger partial charge on any atom is -0.379 e. The van der Waals surface area contributed by atoms with Gasteiger partial charge in [0.15, 0.2) is 0 Å². The highest BCUT2D eigenvalue weighted by molar-refractivity contribution is 5.14. The highest BCUT2D eigenvalue weighted by Gasteiger charge is 2.17. The largest absolute Gasteiger partial charge is 0.379 e. The predicted octanol–water partition coefficient (Wildman–Crippen LogP) is 1.51. The van der Waals surface area contributed by atoms with Crippen molar-refractivity contribution in [3.05, 3.63) is 35.9 Å². The lowest BCUT2D eigenvalue weighted by Gasteiger charge is -2.29. The van der Waals surface area contributed by atoms with E-state index in [0.717, 1.165) is 45.8 Å². The third-order valence-electron chi connectivity index (χ3n) is 3.46. The Bertz CT molecular complexity index is 359. The van der Waals surface area contributed by atoms with Crippen LogP contribution >= 0.6 is 0 Å². The molecule has 1 fully saturated rings. The van der Waals surface area contributed by atoms with Crippen LogP contribution in [0.3, 0.4) is 0 Å². The Kier molecular flexibility index (Phi) is 7.01. The van der Waals surface area contributed by atoms with Crippen LogP contribution in [-0.4, -0.2) is 57.5 Å². The first-order chi connectivity index (χ1) is 9.84. The molecule has 1 aliphatic rings. The Morgan fingerprint density at radius 1 is 1.35 bits per heavy atom. The summed E-state index contributed by atoms with van der Waals surface area (Å²) in [6.07, 6.45) is 1.28. The summed E-state index contributed by atoms with van der Waals surface area (Å²) in [5.41, 5.74) is 1.33. The molecule has 0 amide bonds. The zero-order valence-corrected chi connectivity index (χ0v) is 12.4. The molecule has 0 radical (unpaired) electrons. The van der Waals surface area contributed by atoms with E-state index in [9.17, 15) is 0 Å². The lowest BCUT2D eigenvalue weighted by molar-refractivity contribution is -0.0632. The van der Waals surface area contributed by atoms with E-state index in [1.54, 1.807) is 0 Å². The fourth-order valence-electron chi connectivity index (χ4n) is 2.31. The first-order valence-corrected chi connectivity index (χ1v) is 7.47. The van der Waals surface area contributed by atoms with Crippen molar-refractivity contribution in [1.82, 2.24) is 10.2 Å². The summed E-state index contributed by atoms with van der Waals surface area (Å²) in [4.78, 5) is 2.29. The van der Waals surface area contributed by atoms with E-state index in [0.29, 0.717) is 6.61 Å². The van der Waals surface area contributed by atoms with E-state index in [-0.39, 0.29) is 6.10 Å². The van der Waals surface area contributed by atoms with Gasteiger partial charge in [0.25, 0.3) is 0 Å². The molecular weight excluding hydrogens is 252 g/mol. The molecule has 1 N–H and O–H groups in total. The summed E-state index contributed by atoms with van der Waals surface area (Å²) in [5.74, 6) is 0. The molecule has 0 spiro atoms. The summed E-state index contributed by atoms with van der Waals surface area (Å²) >= 11 is 0. The third kappa shape index (κ3) is 6.01. The molecule has 112 valence electrons. The number of hydrogen-bond acceptors (Lipinski definition) is 4. The normalized spacial score (nSPS) is 20.1. The number of morpholine rings is 1. The topological polar surface area (TPSA) is 33.7 Å². The number of rotatable bonds is 8. The number of ether oxygens (including phenoxy) is 2. The molecule has 1 saturated heterocycles. The van der Waals surface area contributed by atoms with Crippen LogP contribution in [0.5, 0.6) is 0 Å². The van der Waals surface area contributed by atoms with Crippen molar-refractivity contribution in [2.75, 3.05) is 46.5 Å². The fourth-order valence-corrected chi connectivity index (χ4v) is 2.31. The van der Waals surface area contributed by atoms with Crippen LogP contribution < -0.4 is 5.32 Å². The highest BCUT2D eigenvalue weighted by Crippen LogP contribution is 2.03. The molecule has 1 unspecified atom stereocenters. The van der Waals surface area contributed by atoms with Crippen LogP contribution in [0.2, 0.25) is 0 Å². The van der Waals surface area contributed by atoms with Crippen molar-refractivity contribution in [2.45, 2.75) is 19.1 Å². The van der Waals surface area contributed by atoms with Gasteiger partial charge in [0.05, 0.1) is 19.3 Å². The first-order valence-electron chi connectivity index (χ1n) is 7.47. The molecule has 0 aromatic heterocycles. The molecule has 0 saturated carbocycles. The summed E-state index contributed by atoms with van der Waals surface area (Å²) in [5, 5.41) is 3.43. The minimum absolute atomic E-state index is 0.242. The Labute approximate surface area is 122 Å². The molecule has 2 rings (SSSR count). The summed E-state index contributed by atoms with van der Waals surface area (Å²) in [6, 6.07) is 10.5. The number of hydrogen-bond donors (Lipinski definition) is 1. The molecule has 0 bridgehead atoms. The average Bonchev–Trinajstić information content (AvgIpc) is 2.47. The molecular formula is C16H26N2O2. The quantitative estimate of drug-likeness (QED) is 0.731. The van der Waals surface area contributed by atoms with E-state index in [1.807, 2.05) is 6.07 Å². The van der Waals surface area contributed by atoms with Crippen molar-refractivity contribution in [2.24, 2.45) is 0 Å². The van der Waals surface area contributed by atoms with Gasteiger partial charge < -0.3 is 19.7 Å². The molecule has 20 heavy (non-hydrogen) atoms. The van der Waals surface area contributed by atoms with Gasteiger partial charge in [-0.05, 0) is 25.6 Å². The van der Waals surface area contributed by atoms with Crippen LogP contribution in [0, 0.1) is 0 Å². The van der Waals surface area contributed by atoms with Gasteiger partial charge in [-0.25, -0.2) is 0 Å². The van der Waals surface area contributed by atoms with Gasteiger partial charge in [-0.3, -0.25) is 0 Å². The average molecular weight is 278 g/mol. The smallest absolute Gasteiger partial charge is 0.0935 e. The van der Waals surface area contributed by atoms with Gasteiger partial charge in [0.1, 0.15) is 0 Å². The van der Waals surface area contributed by atoms with Gasteiger partial charge in [-0.15, -0.1) is 0 Å². The van der Waals surface area contributed by atoms with E-state index in [4.69, 9.17) is 9.47 Å². The minimum atomic E-state index is 0.242. The molecule has 4 nitrogen and oxygen atoms in total. The maximum absolute atomic E-state index is 5.68. The van der Waals surface area contributed by atoms with Crippen molar-refractivity contribution in [3.63, 3.8) is 0 Å². The van der Waals surface area contributed by atoms with Gasteiger partial charge in [-0.2, -0.15) is 0 Å². The SMILES string of the molecule is CN1CCOC(COCCCNCc2ccccc2)C1. The zero-order valence-electron chi connectivity index (χ0n) is 12.4. The lowest BCUT2D eigenvalue weighted by atomic mass is 10.2. The van der Waals surface area contributed by atoms with Gasteiger partial charge in [0, 0.05) is 26.2 Å².